The lowest BCUT2D eigenvalue weighted by molar-refractivity contribution is -0.470. The van der Waals surface area contributed by atoms with E-state index in [-0.39, 0.29) is 13.0 Å². The van der Waals surface area contributed by atoms with E-state index in [4.69, 9.17) is 15.3 Å². The third-order valence-electron chi connectivity index (χ3n) is 2.16. The van der Waals surface area contributed by atoms with E-state index < -0.39 is 42.7 Å². The van der Waals surface area contributed by atoms with Crippen LogP contribution in [0.1, 0.15) is 6.42 Å². The van der Waals surface area contributed by atoms with Crippen LogP contribution in [0, 0.1) is 15.5 Å². The predicted molar refractivity (Wildman–Crippen MR) is 51.1 cm³/mol. The Morgan fingerprint density at radius 2 is 1.75 bits per heavy atom. The topological polar surface area (TPSA) is 130 Å². The van der Waals surface area contributed by atoms with Gasteiger partial charge in [-0.2, -0.15) is 0 Å². The fourth-order valence-corrected chi connectivity index (χ4v) is 0.920. The molecular weight excluding hydrogens is 222 g/mol. The summed E-state index contributed by atoms with van der Waals surface area (Å²) in [5, 5.41) is 36.7. The van der Waals surface area contributed by atoms with E-state index in [2.05, 4.69) is 4.74 Å². The Labute approximate surface area is 91.6 Å². The molecule has 0 saturated carbocycles. The summed E-state index contributed by atoms with van der Waals surface area (Å²) < 4.78 is 4.50. The Kier molecular flexibility index (Phi) is 6.54. The fourth-order valence-electron chi connectivity index (χ4n) is 0.920. The minimum Gasteiger partial charge on any atom is -0.461 e. The monoisotopic (exact) mass is 237 g/mol. The molecule has 0 aliphatic heterocycles. The Hall–Kier alpha value is -1.25. The average molecular weight is 237 g/mol. The average Bonchev–Trinajstić information content (AvgIpc) is 2.24. The van der Waals surface area contributed by atoms with E-state index in [1.807, 2.05) is 0 Å². The van der Waals surface area contributed by atoms with Crippen LogP contribution in [0.5, 0.6) is 0 Å². The molecule has 0 aromatic carbocycles. The highest BCUT2D eigenvalue weighted by molar-refractivity contribution is 5.70. The minimum atomic E-state index is -1.13. The van der Waals surface area contributed by atoms with Crippen molar-refractivity contribution in [2.24, 2.45) is 5.41 Å². The van der Waals surface area contributed by atoms with Crippen molar-refractivity contribution < 1.29 is 29.8 Å². The van der Waals surface area contributed by atoms with Crippen LogP contribution in [0.4, 0.5) is 0 Å². The molecule has 0 rings (SSSR count). The van der Waals surface area contributed by atoms with Crippen LogP contribution in [0.15, 0.2) is 0 Å². The molecule has 0 heterocycles. The largest absolute Gasteiger partial charge is 0.461 e. The first-order valence-corrected chi connectivity index (χ1v) is 4.59. The number of esters is 1. The summed E-state index contributed by atoms with van der Waals surface area (Å²) in [7, 11) is 0. The summed E-state index contributed by atoms with van der Waals surface area (Å²) in [6, 6.07) is 0. The van der Waals surface area contributed by atoms with Gasteiger partial charge in [-0.3, -0.25) is 10.1 Å². The molecule has 8 nitrogen and oxygen atoms in total. The van der Waals surface area contributed by atoms with Gasteiger partial charge in [-0.05, 0) is 6.42 Å². The maximum atomic E-state index is 10.8. The van der Waals surface area contributed by atoms with Gasteiger partial charge in [-0.25, -0.2) is 4.79 Å². The molecule has 0 spiro atoms. The van der Waals surface area contributed by atoms with Crippen LogP contribution in [-0.4, -0.2) is 59.2 Å². The summed E-state index contributed by atoms with van der Waals surface area (Å²) in [4.78, 5) is 19.9. The molecule has 16 heavy (non-hydrogen) atoms. The van der Waals surface area contributed by atoms with Crippen molar-refractivity contribution in [2.75, 3.05) is 33.0 Å². The summed E-state index contributed by atoms with van der Waals surface area (Å²) in [6.45, 7) is -2.52. The number of hydrogen-bond donors (Lipinski definition) is 3. The number of ether oxygens (including phenoxy) is 1. The van der Waals surface area contributed by atoms with Crippen LogP contribution >= 0.6 is 0 Å². The number of rotatable bonds is 8. The molecule has 0 atom stereocenters. The standard InChI is InChI=1S/C8H15NO7/c10-4-8(5-11,6-12)1-2-16-7(13)3-9(14)15/h10-12H,1-6H2. The van der Waals surface area contributed by atoms with Gasteiger partial charge in [0.05, 0.1) is 26.4 Å². The van der Waals surface area contributed by atoms with Gasteiger partial charge in [-0.1, -0.05) is 0 Å². The van der Waals surface area contributed by atoms with Crippen molar-refractivity contribution in [3.8, 4) is 0 Å². The first-order chi connectivity index (χ1) is 7.49. The van der Waals surface area contributed by atoms with Gasteiger partial charge >= 0.3 is 5.97 Å². The van der Waals surface area contributed by atoms with E-state index >= 15 is 0 Å². The van der Waals surface area contributed by atoms with Gasteiger partial charge in [0.15, 0.2) is 0 Å². The highest BCUT2D eigenvalue weighted by atomic mass is 16.6. The normalized spacial score (nSPS) is 11.2. The summed E-state index contributed by atoms with van der Waals surface area (Å²) in [5.41, 5.74) is -1.13. The second-order valence-corrected chi connectivity index (χ2v) is 3.44. The van der Waals surface area contributed by atoms with Crippen molar-refractivity contribution in [1.29, 1.82) is 0 Å². The van der Waals surface area contributed by atoms with Crippen molar-refractivity contribution in [3.05, 3.63) is 10.1 Å². The number of hydrogen-bond acceptors (Lipinski definition) is 7. The quantitative estimate of drug-likeness (QED) is 0.257. The highest BCUT2D eigenvalue weighted by Gasteiger charge is 2.28. The maximum Gasteiger partial charge on any atom is 0.378 e. The molecule has 0 bridgehead atoms. The molecule has 0 fully saturated rings. The molecule has 0 radical (unpaired) electrons. The third-order valence-corrected chi connectivity index (χ3v) is 2.16. The Balaban J connectivity index is 3.95. The number of nitro groups is 1. The lowest BCUT2D eigenvalue weighted by Crippen LogP contribution is -2.35. The Morgan fingerprint density at radius 3 is 2.12 bits per heavy atom. The Bertz CT molecular complexity index is 230. The van der Waals surface area contributed by atoms with Crippen LogP contribution < -0.4 is 0 Å². The summed E-state index contributed by atoms with van der Waals surface area (Å²) >= 11 is 0. The third kappa shape index (κ3) is 5.01. The fraction of sp³-hybridized carbons (Fsp3) is 0.875. The number of aliphatic hydroxyl groups excluding tert-OH is 3. The summed E-state index contributed by atoms with van der Waals surface area (Å²) in [5.74, 6) is -0.993. The van der Waals surface area contributed by atoms with Gasteiger partial charge in [0.1, 0.15) is 0 Å². The minimum absolute atomic E-state index is 0.0277. The Morgan fingerprint density at radius 1 is 1.25 bits per heavy atom. The van der Waals surface area contributed by atoms with E-state index in [0.29, 0.717) is 0 Å². The zero-order valence-electron chi connectivity index (χ0n) is 8.66. The molecule has 0 aliphatic rings. The maximum absolute atomic E-state index is 10.8. The van der Waals surface area contributed by atoms with E-state index in [1.165, 1.54) is 0 Å². The first kappa shape index (κ1) is 14.8. The molecule has 0 aromatic heterocycles. The number of carbonyl (C=O) groups excluding carboxylic acids is 1. The molecule has 0 aliphatic carbocycles. The number of carbonyl (C=O) groups is 1. The van der Waals surface area contributed by atoms with Gasteiger partial charge in [0.25, 0.3) is 6.54 Å². The number of nitrogens with zero attached hydrogens (tertiary/aromatic N) is 1. The molecule has 0 amide bonds. The zero-order valence-corrected chi connectivity index (χ0v) is 8.66. The van der Waals surface area contributed by atoms with Crippen molar-refractivity contribution >= 4 is 5.97 Å². The van der Waals surface area contributed by atoms with Gasteiger partial charge in [-0.15, -0.1) is 0 Å². The predicted octanol–water partition coefficient (Wildman–Crippen LogP) is -1.84. The van der Waals surface area contributed by atoms with Crippen molar-refractivity contribution in [1.82, 2.24) is 0 Å². The van der Waals surface area contributed by atoms with E-state index in [0.717, 1.165) is 0 Å². The molecule has 3 N–H and O–H groups in total. The lowest BCUT2D eigenvalue weighted by atomic mass is 9.88. The molecule has 0 saturated heterocycles. The smallest absolute Gasteiger partial charge is 0.378 e. The van der Waals surface area contributed by atoms with Crippen LogP contribution in [0.2, 0.25) is 0 Å². The molecule has 0 aromatic rings. The lowest BCUT2D eigenvalue weighted by Gasteiger charge is -2.26. The second kappa shape index (κ2) is 7.09. The van der Waals surface area contributed by atoms with Crippen molar-refractivity contribution in [2.45, 2.75) is 6.42 Å². The van der Waals surface area contributed by atoms with Gasteiger partial charge in [0.2, 0.25) is 0 Å². The van der Waals surface area contributed by atoms with Gasteiger partial charge in [0, 0.05) is 10.3 Å². The zero-order chi connectivity index (χ0) is 12.6. The SMILES string of the molecule is O=C(C[N+](=O)[O-])OCCC(CO)(CO)CO. The molecular formula is C8H15NO7. The number of aliphatic hydroxyl groups is 3. The van der Waals surface area contributed by atoms with Crippen molar-refractivity contribution in [3.63, 3.8) is 0 Å². The first-order valence-electron chi connectivity index (χ1n) is 4.59. The van der Waals surface area contributed by atoms with E-state index in [9.17, 15) is 14.9 Å². The van der Waals surface area contributed by atoms with Crippen LogP contribution in [-0.2, 0) is 9.53 Å². The van der Waals surface area contributed by atoms with E-state index in [1.54, 1.807) is 0 Å². The van der Waals surface area contributed by atoms with Crippen LogP contribution in [0.25, 0.3) is 0 Å². The molecule has 8 heteroatoms. The van der Waals surface area contributed by atoms with Gasteiger partial charge < -0.3 is 20.1 Å². The van der Waals surface area contributed by atoms with Crippen LogP contribution in [0.3, 0.4) is 0 Å². The highest BCUT2D eigenvalue weighted by Crippen LogP contribution is 2.19. The second-order valence-electron chi connectivity index (χ2n) is 3.44. The molecule has 0 unspecified atom stereocenters. The summed E-state index contributed by atoms with van der Waals surface area (Å²) in [6.07, 6.45) is 0.0277. The molecule has 94 valence electrons.